The van der Waals surface area contributed by atoms with Gasteiger partial charge < -0.3 is 0 Å². The molecule has 84 valence electrons. The van der Waals surface area contributed by atoms with Gasteiger partial charge in [-0.1, -0.05) is 46.5 Å². The molecule has 0 unspecified atom stereocenters. The maximum absolute atomic E-state index is 5.65. The third-order valence-corrected chi connectivity index (χ3v) is 4.79. The quantitative estimate of drug-likeness (QED) is 0.807. The Bertz CT molecular complexity index is 459. The summed E-state index contributed by atoms with van der Waals surface area (Å²) >= 11 is 10.4. The highest BCUT2D eigenvalue weighted by Gasteiger charge is 2.04. The number of nitrogens with zero attached hydrogens (tertiary/aromatic N) is 4. The third-order valence-electron chi connectivity index (χ3n) is 1.57. The molecule has 0 fully saturated rings. The standard InChI is InChI=1S/C8H7ClN4S3/c1-14-8-13-12-7(16-8)4-15-6-3-2-5(9)10-11-6/h2-3H,4H2,1H3. The number of rotatable bonds is 4. The van der Waals surface area contributed by atoms with E-state index in [1.54, 1.807) is 40.9 Å². The molecule has 16 heavy (non-hydrogen) atoms. The van der Waals surface area contributed by atoms with Crippen LogP contribution < -0.4 is 0 Å². The molecule has 0 aliphatic rings. The van der Waals surface area contributed by atoms with Crippen molar-refractivity contribution in [3.8, 4) is 0 Å². The molecule has 0 amide bonds. The summed E-state index contributed by atoms with van der Waals surface area (Å²) in [5, 5.41) is 18.1. The molecule has 0 bridgehead atoms. The first-order valence-electron chi connectivity index (χ1n) is 4.26. The Hall–Kier alpha value is -0.370. The minimum Gasteiger partial charge on any atom is -0.143 e. The lowest BCUT2D eigenvalue weighted by Crippen LogP contribution is -1.86. The van der Waals surface area contributed by atoms with E-state index in [2.05, 4.69) is 20.4 Å². The maximum Gasteiger partial charge on any atom is 0.174 e. The van der Waals surface area contributed by atoms with Crippen molar-refractivity contribution in [2.24, 2.45) is 0 Å². The topological polar surface area (TPSA) is 51.6 Å². The summed E-state index contributed by atoms with van der Waals surface area (Å²) in [7, 11) is 0. The Morgan fingerprint density at radius 2 is 2.12 bits per heavy atom. The van der Waals surface area contributed by atoms with E-state index in [4.69, 9.17) is 11.6 Å². The van der Waals surface area contributed by atoms with Gasteiger partial charge in [-0.25, -0.2) is 0 Å². The van der Waals surface area contributed by atoms with Gasteiger partial charge in [-0.3, -0.25) is 0 Å². The van der Waals surface area contributed by atoms with Crippen LogP contribution in [0.5, 0.6) is 0 Å². The van der Waals surface area contributed by atoms with Crippen LogP contribution in [0.15, 0.2) is 21.5 Å². The average Bonchev–Trinajstić information content (AvgIpc) is 2.76. The van der Waals surface area contributed by atoms with Gasteiger partial charge in [0.2, 0.25) is 0 Å². The SMILES string of the molecule is CSc1nnc(CSc2ccc(Cl)nn2)s1. The zero-order chi connectivity index (χ0) is 11.4. The van der Waals surface area contributed by atoms with Crippen molar-refractivity contribution in [2.45, 2.75) is 15.1 Å². The van der Waals surface area contributed by atoms with Crippen molar-refractivity contribution in [2.75, 3.05) is 6.26 Å². The second-order valence-corrected chi connectivity index (χ2v) is 6.15. The lowest BCUT2D eigenvalue weighted by molar-refractivity contribution is 0.927. The number of aromatic nitrogens is 4. The van der Waals surface area contributed by atoms with Crippen molar-refractivity contribution in [1.82, 2.24) is 20.4 Å². The van der Waals surface area contributed by atoms with Crippen molar-refractivity contribution in [3.05, 3.63) is 22.3 Å². The summed E-state index contributed by atoms with van der Waals surface area (Å²) in [5.74, 6) is 0.758. The Morgan fingerprint density at radius 1 is 1.25 bits per heavy atom. The van der Waals surface area contributed by atoms with Crippen LogP contribution in [0.4, 0.5) is 0 Å². The van der Waals surface area contributed by atoms with E-state index in [-0.39, 0.29) is 0 Å². The van der Waals surface area contributed by atoms with E-state index < -0.39 is 0 Å². The minimum absolute atomic E-state index is 0.407. The van der Waals surface area contributed by atoms with Crippen LogP contribution in [0.1, 0.15) is 5.01 Å². The molecule has 0 atom stereocenters. The van der Waals surface area contributed by atoms with Gasteiger partial charge in [0.15, 0.2) is 9.49 Å². The summed E-state index contributed by atoms with van der Waals surface area (Å²) in [6.45, 7) is 0. The molecule has 0 saturated carbocycles. The molecule has 0 N–H and O–H groups in total. The molecule has 8 heteroatoms. The van der Waals surface area contributed by atoms with E-state index >= 15 is 0 Å². The molecule has 0 aliphatic carbocycles. The van der Waals surface area contributed by atoms with Crippen LogP contribution in [0, 0.1) is 0 Å². The predicted molar refractivity (Wildman–Crippen MR) is 68.3 cm³/mol. The molecule has 0 radical (unpaired) electrons. The molecule has 2 aromatic rings. The molecular weight excluding hydrogens is 284 g/mol. The average molecular weight is 291 g/mol. The highest BCUT2D eigenvalue weighted by atomic mass is 35.5. The van der Waals surface area contributed by atoms with E-state index in [9.17, 15) is 0 Å². The highest BCUT2D eigenvalue weighted by molar-refractivity contribution is 8.00. The van der Waals surface area contributed by atoms with Gasteiger partial charge in [0.25, 0.3) is 0 Å². The molecule has 2 heterocycles. The second kappa shape index (κ2) is 5.81. The van der Waals surface area contributed by atoms with Gasteiger partial charge in [0.05, 0.1) is 5.75 Å². The van der Waals surface area contributed by atoms with E-state index in [1.165, 1.54) is 0 Å². The summed E-state index contributed by atoms with van der Waals surface area (Å²) in [4.78, 5) is 0. The zero-order valence-corrected chi connectivity index (χ0v) is 11.5. The lowest BCUT2D eigenvalue weighted by atomic mass is 10.6. The monoisotopic (exact) mass is 290 g/mol. The molecule has 0 saturated heterocycles. The first-order chi connectivity index (χ1) is 7.78. The Labute approximate surface area is 110 Å². The zero-order valence-electron chi connectivity index (χ0n) is 8.25. The number of halogens is 1. The lowest BCUT2D eigenvalue weighted by Gasteiger charge is -1.95. The van der Waals surface area contributed by atoms with Crippen LogP contribution >= 0.6 is 46.5 Å². The minimum atomic E-state index is 0.407. The summed E-state index contributed by atoms with van der Waals surface area (Å²) < 4.78 is 0.984. The fourth-order valence-electron chi connectivity index (χ4n) is 0.895. The highest BCUT2D eigenvalue weighted by Crippen LogP contribution is 2.25. The fraction of sp³-hybridized carbons (Fsp3) is 0.250. The van der Waals surface area contributed by atoms with Crippen LogP contribution in [-0.4, -0.2) is 26.7 Å². The van der Waals surface area contributed by atoms with E-state index in [1.807, 2.05) is 12.3 Å². The summed E-state index contributed by atoms with van der Waals surface area (Å²) in [6, 6.07) is 3.57. The Kier molecular flexibility index (Phi) is 4.39. The van der Waals surface area contributed by atoms with Crippen LogP contribution in [-0.2, 0) is 5.75 Å². The largest absolute Gasteiger partial charge is 0.174 e. The maximum atomic E-state index is 5.65. The van der Waals surface area contributed by atoms with Gasteiger partial charge >= 0.3 is 0 Å². The van der Waals surface area contributed by atoms with Gasteiger partial charge in [0, 0.05) is 0 Å². The van der Waals surface area contributed by atoms with E-state index in [0.29, 0.717) is 5.15 Å². The molecular formula is C8H7ClN4S3. The molecule has 2 aromatic heterocycles. The second-order valence-electron chi connectivity index (χ2n) is 2.65. The molecule has 2 rings (SSSR count). The first-order valence-corrected chi connectivity index (χ1v) is 7.67. The van der Waals surface area contributed by atoms with Crippen LogP contribution in [0.3, 0.4) is 0 Å². The van der Waals surface area contributed by atoms with Crippen molar-refractivity contribution >= 4 is 46.5 Å². The van der Waals surface area contributed by atoms with Gasteiger partial charge in [-0.2, -0.15) is 0 Å². The molecule has 0 aromatic carbocycles. The number of thioether (sulfide) groups is 2. The van der Waals surface area contributed by atoms with Gasteiger partial charge in [-0.15, -0.1) is 20.4 Å². The van der Waals surface area contributed by atoms with Crippen molar-refractivity contribution in [1.29, 1.82) is 0 Å². The molecule has 0 spiro atoms. The van der Waals surface area contributed by atoms with E-state index in [0.717, 1.165) is 20.1 Å². The number of hydrogen-bond donors (Lipinski definition) is 0. The fourth-order valence-corrected chi connectivity index (χ4v) is 3.11. The first kappa shape index (κ1) is 12.1. The van der Waals surface area contributed by atoms with Crippen LogP contribution in [0.25, 0.3) is 0 Å². The van der Waals surface area contributed by atoms with Gasteiger partial charge in [0.1, 0.15) is 10.0 Å². The Morgan fingerprint density at radius 3 is 2.75 bits per heavy atom. The smallest absolute Gasteiger partial charge is 0.143 e. The van der Waals surface area contributed by atoms with Crippen molar-refractivity contribution in [3.63, 3.8) is 0 Å². The van der Waals surface area contributed by atoms with Gasteiger partial charge in [-0.05, 0) is 18.4 Å². The number of hydrogen-bond acceptors (Lipinski definition) is 7. The normalized spacial score (nSPS) is 10.6. The predicted octanol–water partition coefficient (Wildman–Crippen LogP) is 3.00. The Balaban J connectivity index is 1.94. The van der Waals surface area contributed by atoms with Crippen LogP contribution in [0.2, 0.25) is 5.15 Å². The third kappa shape index (κ3) is 3.31. The summed E-state index contributed by atoms with van der Waals surface area (Å²) in [6.07, 6.45) is 1.99. The molecule has 0 aliphatic heterocycles. The summed E-state index contributed by atoms with van der Waals surface area (Å²) in [5.41, 5.74) is 0. The molecule has 4 nitrogen and oxygen atoms in total. The van der Waals surface area contributed by atoms with Crippen molar-refractivity contribution < 1.29 is 0 Å².